The highest BCUT2D eigenvalue weighted by Crippen LogP contribution is 2.04. The molecule has 2 rings (SSSR count). The molecule has 7 heteroatoms. The second-order valence-electron chi connectivity index (χ2n) is 3.66. The molecule has 2 aromatic rings. The lowest BCUT2D eigenvalue weighted by molar-refractivity contribution is -0.116. The van der Waals surface area contributed by atoms with Crippen LogP contribution in [0.3, 0.4) is 0 Å². The Hall–Kier alpha value is -2.57. The number of likely N-dealkylation sites (N-methyl/N-ethyl adjacent to an activating group) is 1. The van der Waals surface area contributed by atoms with Crippen LogP contribution in [-0.4, -0.2) is 40.5 Å². The minimum atomic E-state index is -0.347. The lowest BCUT2D eigenvalue weighted by atomic mass is 10.4. The van der Waals surface area contributed by atoms with Gasteiger partial charge in [-0.2, -0.15) is 5.10 Å². The van der Waals surface area contributed by atoms with Gasteiger partial charge >= 0.3 is 0 Å². The van der Waals surface area contributed by atoms with E-state index >= 15 is 0 Å². The molecule has 2 heterocycles. The van der Waals surface area contributed by atoms with Crippen molar-refractivity contribution in [3.63, 3.8) is 0 Å². The molecule has 2 N–H and O–H groups in total. The molecule has 0 aliphatic carbocycles. The Bertz CT molecular complexity index is 518. The molecule has 0 radical (unpaired) electrons. The third-order valence-corrected chi connectivity index (χ3v) is 2.23. The molecule has 2 aromatic heterocycles. The summed E-state index contributed by atoms with van der Waals surface area (Å²) < 4.78 is 4.96. The summed E-state index contributed by atoms with van der Waals surface area (Å²) in [6, 6.07) is 4.78. The number of aromatic amines is 1. The van der Waals surface area contributed by atoms with E-state index in [9.17, 15) is 9.59 Å². The molecule has 0 fully saturated rings. The Balaban J connectivity index is 1.89. The maximum atomic E-state index is 11.8. The van der Waals surface area contributed by atoms with Gasteiger partial charge in [-0.1, -0.05) is 0 Å². The maximum Gasteiger partial charge on any atom is 0.289 e. The van der Waals surface area contributed by atoms with E-state index in [1.165, 1.54) is 24.4 Å². The van der Waals surface area contributed by atoms with Crippen molar-refractivity contribution >= 4 is 17.6 Å². The van der Waals surface area contributed by atoms with Crippen molar-refractivity contribution in [2.24, 2.45) is 0 Å². The van der Waals surface area contributed by atoms with Crippen LogP contribution >= 0.6 is 0 Å². The maximum absolute atomic E-state index is 11.8. The zero-order valence-corrected chi connectivity index (χ0v) is 9.71. The molecule has 0 aliphatic rings. The van der Waals surface area contributed by atoms with Crippen LogP contribution in [0.1, 0.15) is 10.6 Å². The average Bonchev–Trinajstić information content (AvgIpc) is 2.99. The SMILES string of the molecule is CN(CC(=O)Nc1ccn[nH]1)C(=O)c1ccco1. The molecule has 18 heavy (non-hydrogen) atoms. The van der Waals surface area contributed by atoms with Crippen molar-refractivity contribution in [2.75, 3.05) is 18.9 Å². The minimum absolute atomic E-state index is 0.0709. The van der Waals surface area contributed by atoms with E-state index < -0.39 is 0 Å². The molecule has 94 valence electrons. The van der Waals surface area contributed by atoms with E-state index in [0.717, 1.165) is 0 Å². The predicted molar refractivity (Wildman–Crippen MR) is 62.9 cm³/mol. The first kappa shape index (κ1) is 11.9. The Morgan fingerprint density at radius 2 is 2.33 bits per heavy atom. The number of amides is 2. The molecule has 0 spiro atoms. The molecule has 7 nitrogen and oxygen atoms in total. The smallest absolute Gasteiger partial charge is 0.289 e. The van der Waals surface area contributed by atoms with Gasteiger partial charge in [0.1, 0.15) is 12.4 Å². The van der Waals surface area contributed by atoms with Gasteiger partial charge in [-0.15, -0.1) is 0 Å². The largest absolute Gasteiger partial charge is 0.459 e. The van der Waals surface area contributed by atoms with E-state index in [1.54, 1.807) is 18.2 Å². The highest BCUT2D eigenvalue weighted by molar-refractivity contribution is 5.97. The van der Waals surface area contributed by atoms with Gasteiger partial charge in [0.15, 0.2) is 5.76 Å². The van der Waals surface area contributed by atoms with Crippen LogP contribution in [0.25, 0.3) is 0 Å². The van der Waals surface area contributed by atoms with E-state index in [0.29, 0.717) is 5.82 Å². The number of nitrogens with zero attached hydrogens (tertiary/aromatic N) is 2. The van der Waals surface area contributed by atoms with Crippen molar-refractivity contribution in [3.05, 3.63) is 36.4 Å². The van der Waals surface area contributed by atoms with E-state index in [-0.39, 0.29) is 24.1 Å². The summed E-state index contributed by atoms with van der Waals surface area (Å²) in [5, 5.41) is 8.86. The first-order chi connectivity index (χ1) is 8.66. The summed E-state index contributed by atoms with van der Waals surface area (Å²) in [6.07, 6.45) is 2.93. The van der Waals surface area contributed by atoms with Crippen LogP contribution in [0.4, 0.5) is 5.82 Å². The van der Waals surface area contributed by atoms with Crippen molar-refractivity contribution in [1.82, 2.24) is 15.1 Å². The fourth-order valence-electron chi connectivity index (χ4n) is 1.39. The van der Waals surface area contributed by atoms with Crippen molar-refractivity contribution < 1.29 is 14.0 Å². The molecule has 0 unspecified atom stereocenters. The summed E-state index contributed by atoms with van der Waals surface area (Å²) in [7, 11) is 1.53. The number of rotatable bonds is 4. The van der Waals surface area contributed by atoms with Gasteiger partial charge in [0, 0.05) is 13.1 Å². The van der Waals surface area contributed by atoms with Gasteiger partial charge in [0.2, 0.25) is 5.91 Å². The Morgan fingerprint density at radius 3 is 2.94 bits per heavy atom. The van der Waals surface area contributed by atoms with Crippen LogP contribution in [0, 0.1) is 0 Å². The van der Waals surface area contributed by atoms with Crippen LogP contribution in [0.15, 0.2) is 35.1 Å². The number of carbonyl (C=O) groups excluding carboxylic acids is 2. The molecule has 0 atom stereocenters. The fourth-order valence-corrected chi connectivity index (χ4v) is 1.39. The second-order valence-corrected chi connectivity index (χ2v) is 3.66. The summed E-state index contributed by atoms with van der Waals surface area (Å²) in [5.41, 5.74) is 0. The summed E-state index contributed by atoms with van der Waals surface area (Å²) in [4.78, 5) is 24.7. The fraction of sp³-hybridized carbons (Fsp3) is 0.182. The zero-order valence-electron chi connectivity index (χ0n) is 9.71. The third kappa shape index (κ3) is 2.76. The molecule has 2 amide bonds. The van der Waals surface area contributed by atoms with Gasteiger partial charge in [-0.05, 0) is 12.1 Å². The van der Waals surface area contributed by atoms with Crippen molar-refractivity contribution in [1.29, 1.82) is 0 Å². The molecule has 0 aliphatic heterocycles. The summed E-state index contributed by atoms with van der Waals surface area (Å²) >= 11 is 0. The first-order valence-electron chi connectivity index (χ1n) is 5.25. The number of hydrogen-bond donors (Lipinski definition) is 2. The number of nitrogens with one attached hydrogen (secondary N) is 2. The monoisotopic (exact) mass is 248 g/mol. The topological polar surface area (TPSA) is 91.2 Å². The molecular weight excluding hydrogens is 236 g/mol. The number of anilines is 1. The molecule has 0 saturated heterocycles. The van der Waals surface area contributed by atoms with E-state index in [2.05, 4.69) is 15.5 Å². The van der Waals surface area contributed by atoms with Crippen LogP contribution in [-0.2, 0) is 4.79 Å². The average molecular weight is 248 g/mol. The number of hydrogen-bond acceptors (Lipinski definition) is 4. The zero-order chi connectivity index (χ0) is 13.0. The van der Waals surface area contributed by atoms with Crippen molar-refractivity contribution in [2.45, 2.75) is 0 Å². The Kier molecular flexibility index (Phi) is 3.42. The normalized spacial score (nSPS) is 10.1. The van der Waals surface area contributed by atoms with Gasteiger partial charge in [0.25, 0.3) is 5.91 Å². The van der Waals surface area contributed by atoms with E-state index in [1.807, 2.05) is 0 Å². The highest BCUT2D eigenvalue weighted by Gasteiger charge is 2.17. The molecule has 0 bridgehead atoms. The van der Waals surface area contributed by atoms with Gasteiger partial charge in [0.05, 0.1) is 12.5 Å². The van der Waals surface area contributed by atoms with Gasteiger partial charge in [-0.25, -0.2) is 0 Å². The van der Waals surface area contributed by atoms with Crippen molar-refractivity contribution in [3.8, 4) is 0 Å². The quantitative estimate of drug-likeness (QED) is 0.833. The lowest BCUT2D eigenvalue weighted by Crippen LogP contribution is -2.34. The highest BCUT2D eigenvalue weighted by atomic mass is 16.3. The number of H-pyrrole nitrogens is 1. The Morgan fingerprint density at radius 1 is 1.50 bits per heavy atom. The second kappa shape index (κ2) is 5.17. The number of aromatic nitrogens is 2. The van der Waals surface area contributed by atoms with Crippen LogP contribution in [0.5, 0.6) is 0 Å². The van der Waals surface area contributed by atoms with Crippen LogP contribution in [0.2, 0.25) is 0 Å². The third-order valence-electron chi connectivity index (χ3n) is 2.23. The predicted octanol–water partition coefficient (Wildman–Crippen LogP) is 0.713. The minimum Gasteiger partial charge on any atom is -0.459 e. The van der Waals surface area contributed by atoms with Gasteiger partial charge < -0.3 is 14.6 Å². The van der Waals surface area contributed by atoms with E-state index in [4.69, 9.17) is 4.42 Å². The standard InChI is InChI=1S/C11H12N4O3/c1-15(11(17)8-3-2-6-18-8)7-10(16)13-9-4-5-12-14-9/h2-6H,7H2,1H3,(H2,12,13,14,16). The first-order valence-corrected chi connectivity index (χ1v) is 5.25. The molecule has 0 aromatic carbocycles. The summed E-state index contributed by atoms with van der Waals surface area (Å²) in [5.74, 6) is 0.0205. The molecule has 0 saturated carbocycles. The molecular formula is C11H12N4O3. The number of furan rings is 1. The summed E-state index contributed by atoms with van der Waals surface area (Å²) in [6.45, 7) is -0.0709. The lowest BCUT2D eigenvalue weighted by Gasteiger charge is -2.14. The van der Waals surface area contributed by atoms with Gasteiger partial charge in [-0.3, -0.25) is 14.7 Å². The Labute approximate surface area is 103 Å². The number of carbonyl (C=O) groups is 2. The van der Waals surface area contributed by atoms with Crippen LogP contribution < -0.4 is 5.32 Å².